The smallest absolute Gasteiger partial charge is 0.277 e. The van der Waals surface area contributed by atoms with Gasteiger partial charge in [-0.3, -0.25) is 4.79 Å². The van der Waals surface area contributed by atoms with Crippen molar-refractivity contribution in [3.8, 4) is 0 Å². The van der Waals surface area contributed by atoms with Crippen LogP contribution >= 0.6 is 0 Å². The lowest BCUT2D eigenvalue weighted by Crippen LogP contribution is -2.42. The molecule has 12 heavy (non-hydrogen) atoms. The van der Waals surface area contributed by atoms with Crippen LogP contribution in [0.15, 0.2) is 0 Å². The van der Waals surface area contributed by atoms with Crippen LogP contribution in [0.1, 0.15) is 0 Å². The summed E-state index contributed by atoms with van der Waals surface area (Å²) in [6.07, 6.45) is 0. The van der Waals surface area contributed by atoms with E-state index in [4.69, 9.17) is 5.73 Å². The zero-order valence-corrected chi connectivity index (χ0v) is 6.77. The minimum atomic E-state index is -3.04. The maximum atomic E-state index is 12.4. The van der Waals surface area contributed by atoms with Crippen LogP contribution < -0.4 is 11.1 Å². The first-order valence-electron chi connectivity index (χ1n) is 3.35. The van der Waals surface area contributed by atoms with Crippen molar-refractivity contribution in [2.24, 2.45) is 5.73 Å². The number of carbonyl (C=O) groups is 1. The summed E-state index contributed by atoms with van der Waals surface area (Å²) in [7, 11) is 1.31. The zero-order chi connectivity index (χ0) is 9.61. The Bertz CT molecular complexity index is 152. The molecule has 0 aliphatic heterocycles. The van der Waals surface area contributed by atoms with Gasteiger partial charge in [0.15, 0.2) is 0 Å². The van der Waals surface area contributed by atoms with Crippen LogP contribution in [0.2, 0.25) is 0 Å². The number of hydrogen-bond acceptors (Lipinski definition) is 3. The molecule has 4 nitrogen and oxygen atoms in total. The molecule has 3 N–H and O–H groups in total. The molecule has 0 atom stereocenters. The van der Waals surface area contributed by atoms with Gasteiger partial charge in [0.1, 0.15) is 6.61 Å². The number of amides is 1. The molecular formula is C6H12F2N2O2. The van der Waals surface area contributed by atoms with Gasteiger partial charge >= 0.3 is 0 Å². The number of hydrogen-bond donors (Lipinski definition) is 2. The van der Waals surface area contributed by atoms with Crippen molar-refractivity contribution in [3.05, 3.63) is 0 Å². The fourth-order valence-corrected chi connectivity index (χ4v) is 0.482. The molecule has 0 spiro atoms. The summed E-state index contributed by atoms with van der Waals surface area (Å²) >= 11 is 0. The summed E-state index contributed by atoms with van der Waals surface area (Å²) in [5, 5.41) is 1.98. The van der Waals surface area contributed by atoms with E-state index in [-0.39, 0.29) is 6.61 Å². The first-order chi connectivity index (χ1) is 5.52. The average molecular weight is 182 g/mol. The van der Waals surface area contributed by atoms with Gasteiger partial charge in [0.2, 0.25) is 5.91 Å². The summed E-state index contributed by atoms with van der Waals surface area (Å²) < 4.78 is 29.2. The molecule has 0 bridgehead atoms. The molecule has 1 amide bonds. The number of ether oxygens (including phenoxy) is 1. The Labute approximate surface area is 69.1 Å². The van der Waals surface area contributed by atoms with Crippen molar-refractivity contribution in [3.63, 3.8) is 0 Å². The van der Waals surface area contributed by atoms with Crippen molar-refractivity contribution in [1.82, 2.24) is 5.32 Å². The highest BCUT2D eigenvalue weighted by atomic mass is 19.3. The molecular weight excluding hydrogens is 170 g/mol. The zero-order valence-electron chi connectivity index (χ0n) is 6.77. The van der Waals surface area contributed by atoms with Gasteiger partial charge in [0.25, 0.3) is 5.92 Å². The van der Waals surface area contributed by atoms with Crippen LogP contribution in [-0.2, 0) is 9.53 Å². The van der Waals surface area contributed by atoms with Crippen molar-refractivity contribution in [2.45, 2.75) is 5.92 Å². The Morgan fingerprint density at radius 3 is 2.67 bits per heavy atom. The lowest BCUT2D eigenvalue weighted by atomic mass is 10.3. The second kappa shape index (κ2) is 5.00. The Kier molecular flexibility index (Phi) is 4.68. The predicted molar refractivity (Wildman–Crippen MR) is 38.9 cm³/mol. The highest BCUT2D eigenvalue weighted by Gasteiger charge is 2.26. The van der Waals surface area contributed by atoms with Crippen molar-refractivity contribution in [1.29, 1.82) is 0 Å². The average Bonchev–Trinajstić information content (AvgIpc) is 2.02. The van der Waals surface area contributed by atoms with Crippen molar-refractivity contribution in [2.75, 3.05) is 26.8 Å². The minimum absolute atomic E-state index is 0.222. The van der Waals surface area contributed by atoms with E-state index in [1.165, 1.54) is 7.11 Å². The molecule has 0 radical (unpaired) electrons. The van der Waals surface area contributed by atoms with E-state index in [1.807, 2.05) is 5.32 Å². The van der Waals surface area contributed by atoms with Gasteiger partial charge in [-0.1, -0.05) is 0 Å². The lowest BCUT2D eigenvalue weighted by Gasteiger charge is -2.13. The quantitative estimate of drug-likeness (QED) is 0.593. The van der Waals surface area contributed by atoms with Crippen LogP contribution in [0.4, 0.5) is 8.78 Å². The molecule has 0 unspecified atom stereocenters. The predicted octanol–water partition coefficient (Wildman–Crippen LogP) is -0.657. The SMILES string of the molecule is COCC(=O)NCC(F)(F)CN. The summed E-state index contributed by atoms with van der Waals surface area (Å²) in [5.74, 6) is -3.62. The van der Waals surface area contributed by atoms with Gasteiger partial charge in [-0.25, -0.2) is 8.78 Å². The van der Waals surface area contributed by atoms with Gasteiger partial charge in [-0.05, 0) is 0 Å². The molecule has 0 aromatic rings. The Hall–Kier alpha value is -0.750. The standard InChI is InChI=1S/C6H12F2N2O2/c1-12-2-5(11)10-4-6(7,8)3-9/h2-4,9H2,1H3,(H,10,11). The van der Waals surface area contributed by atoms with E-state index in [9.17, 15) is 13.6 Å². The molecule has 0 rings (SSSR count). The van der Waals surface area contributed by atoms with Crippen LogP contribution in [0.25, 0.3) is 0 Å². The third kappa shape index (κ3) is 4.97. The van der Waals surface area contributed by atoms with Crippen LogP contribution in [0, 0.1) is 0 Å². The van der Waals surface area contributed by atoms with E-state index >= 15 is 0 Å². The molecule has 0 aliphatic rings. The highest BCUT2D eigenvalue weighted by Crippen LogP contribution is 2.08. The van der Waals surface area contributed by atoms with Crippen LogP contribution in [0.3, 0.4) is 0 Å². The van der Waals surface area contributed by atoms with E-state index in [1.54, 1.807) is 0 Å². The minimum Gasteiger partial charge on any atom is -0.375 e. The first kappa shape index (κ1) is 11.2. The van der Waals surface area contributed by atoms with Crippen LogP contribution in [-0.4, -0.2) is 38.6 Å². The number of nitrogens with two attached hydrogens (primary N) is 1. The topological polar surface area (TPSA) is 64.3 Å². The Balaban J connectivity index is 3.60. The van der Waals surface area contributed by atoms with Gasteiger partial charge in [-0.2, -0.15) is 0 Å². The maximum Gasteiger partial charge on any atom is 0.277 e. The van der Waals surface area contributed by atoms with E-state index < -0.39 is 24.9 Å². The number of methoxy groups -OCH3 is 1. The van der Waals surface area contributed by atoms with Gasteiger partial charge in [-0.15, -0.1) is 0 Å². The summed E-state index contributed by atoms with van der Waals surface area (Å²) in [5.41, 5.74) is 4.73. The molecule has 0 saturated carbocycles. The number of nitrogens with one attached hydrogen (secondary N) is 1. The molecule has 0 aromatic carbocycles. The Morgan fingerprint density at radius 2 is 2.25 bits per heavy atom. The molecule has 0 fully saturated rings. The molecule has 0 aromatic heterocycles. The monoisotopic (exact) mass is 182 g/mol. The molecule has 0 heterocycles. The maximum absolute atomic E-state index is 12.4. The van der Waals surface area contributed by atoms with Gasteiger partial charge < -0.3 is 15.8 Å². The van der Waals surface area contributed by atoms with E-state index in [0.29, 0.717) is 0 Å². The fraction of sp³-hybridized carbons (Fsp3) is 0.833. The van der Waals surface area contributed by atoms with Crippen LogP contribution in [0.5, 0.6) is 0 Å². The molecule has 0 saturated heterocycles. The normalized spacial score (nSPS) is 11.3. The lowest BCUT2D eigenvalue weighted by molar-refractivity contribution is -0.126. The highest BCUT2D eigenvalue weighted by molar-refractivity contribution is 5.77. The summed E-state index contributed by atoms with van der Waals surface area (Å²) in [6, 6.07) is 0. The first-order valence-corrected chi connectivity index (χ1v) is 3.35. The number of alkyl halides is 2. The molecule has 0 aliphatic carbocycles. The molecule has 6 heteroatoms. The van der Waals surface area contributed by atoms with Gasteiger partial charge in [0.05, 0.1) is 13.1 Å². The van der Waals surface area contributed by atoms with Crippen molar-refractivity contribution >= 4 is 5.91 Å². The van der Waals surface area contributed by atoms with E-state index in [2.05, 4.69) is 4.74 Å². The number of carbonyl (C=O) groups excluding carboxylic acids is 1. The third-order valence-electron chi connectivity index (χ3n) is 1.12. The summed E-state index contributed by atoms with van der Waals surface area (Å²) in [6.45, 7) is -1.74. The second-order valence-corrected chi connectivity index (χ2v) is 2.27. The number of rotatable bonds is 5. The molecule has 72 valence electrons. The Morgan fingerprint density at radius 1 is 1.67 bits per heavy atom. The second-order valence-electron chi connectivity index (χ2n) is 2.27. The van der Waals surface area contributed by atoms with Gasteiger partial charge in [0, 0.05) is 7.11 Å². The van der Waals surface area contributed by atoms with Crippen molar-refractivity contribution < 1.29 is 18.3 Å². The fourth-order valence-electron chi connectivity index (χ4n) is 0.482. The third-order valence-corrected chi connectivity index (χ3v) is 1.12. The largest absolute Gasteiger partial charge is 0.375 e. The van der Waals surface area contributed by atoms with E-state index in [0.717, 1.165) is 0 Å². The number of halogens is 2. The summed E-state index contributed by atoms with van der Waals surface area (Å²) in [4.78, 5) is 10.6.